The van der Waals surface area contributed by atoms with Crippen LogP contribution < -0.4 is 10.1 Å². The highest BCUT2D eigenvalue weighted by Gasteiger charge is 2.20. The first kappa shape index (κ1) is 22.7. The van der Waals surface area contributed by atoms with Gasteiger partial charge in [0.1, 0.15) is 11.9 Å². The monoisotopic (exact) mass is 450 g/mol. The molecule has 2 aromatic carbocycles. The van der Waals surface area contributed by atoms with E-state index in [-0.39, 0.29) is 17.7 Å². The van der Waals surface area contributed by atoms with Gasteiger partial charge in [0.05, 0.1) is 12.7 Å². The number of carboxylic acids is 1. The van der Waals surface area contributed by atoms with E-state index in [0.29, 0.717) is 17.9 Å². The van der Waals surface area contributed by atoms with Gasteiger partial charge in [-0.15, -0.1) is 0 Å². The Morgan fingerprint density at radius 3 is 2.55 bits per heavy atom. The molecule has 0 unspecified atom stereocenters. The number of anilines is 1. The van der Waals surface area contributed by atoms with Crippen molar-refractivity contribution in [2.24, 2.45) is 0 Å². The fourth-order valence-electron chi connectivity index (χ4n) is 4.50. The highest BCUT2D eigenvalue weighted by Crippen LogP contribution is 2.32. The molecule has 0 bridgehead atoms. The van der Waals surface area contributed by atoms with E-state index in [1.54, 1.807) is 25.3 Å². The van der Waals surface area contributed by atoms with Crippen LogP contribution in [0.1, 0.15) is 67.1 Å². The van der Waals surface area contributed by atoms with Gasteiger partial charge in [-0.25, -0.2) is 9.59 Å². The Bertz CT molecular complexity index is 1170. The molecule has 0 spiro atoms. The maximum absolute atomic E-state index is 12.4. The Balaban J connectivity index is 1.65. The quantitative estimate of drug-likeness (QED) is 0.460. The predicted molar refractivity (Wildman–Crippen MR) is 127 cm³/mol. The van der Waals surface area contributed by atoms with Crippen LogP contribution in [0.15, 0.2) is 42.6 Å². The van der Waals surface area contributed by atoms with Crippen molar-refractivity contribution in [1.29, 1.82) is 0 Å². The van der Waals surface area contributed by atoms with Crippen molar-refractivity contribution in [3.63, 3.8) is 0 Å². The number of carbonyl (C=O) groups is 2. The van der Waals surface area contributed by atoms with Crippen LogP contribution >= 0.6 is 0 Å². The minimum absolute atomic E-state index is 0.00700. The average Bonchev–Trinajstić information content (AvgIpc) is 3.41. The molecule has 1 heterocycles. The second-order valence-corrected chi connectivity index (χ2v) is 8.83. The number of nitrogens with zero attached hydrogens (tertiary/aromatic N) is 1. The number of carbonyl (C=O) groups excluding carboxylic acids is 1. The summed E-state index contributed by atoms with van der Waals surface area (Å²) in [6.45, 7) is 4.24. The minimum Gasteiger partial charge on any atom is -0.496 e. The zero-order valence-electron chi connectivity index (χ0n) is 19.3. The van der Waals surface area contributed by atoms with Gasteiger partial charge in [-0.1, -0.05) is 6.07 Å². The molecule has 174 valence electrons. The number of aromatic carboxylic acids is 1. The largest absolute Gasteiger partial charge is 0.496 e. The van der Waals surface area contributed by atoms with Crippen LogP contribution in [0.5, 0.6) is 5.75 Å². The van der Waals surface area contributed by atoms with Crippen molar-refractivity contribution >= 4 is 28.7 Å². The second-order valence-electron chi connectivity index (χ2n) is 8.83. The molecule has 1 aromatic heterocycles. The molecular formula is C26H30N2O5. The standard InChI is InChI=1S/C26H30N2O5/c1-16(2)28-15-19(12-17-8-9-18(25(29)30)13-24(17)32-3)22-14-20(10-11-23(22)28)27-26(31)33-21-6-4-5-7-21/h8-11,13-16,21H,4-7,12H2,1-3H3,(H,27,31)(H,29,30). The predicted octanol–water partition coefficient (Wildman–Crippen LogP) is 6.01. The molecule has 4 rings (SSSR count). The SMILES string of the molecule is COc1cc(C(=O)O)ccc1Cc1cn(C(C)C)c2ccc(NC(=O)OC3CCCC3)cc12. The molecule has 33 heavy (non-hydrogen) atoms. The molecule has 3 aromatic rings. The van der Waals surface area contributed by atoms with Crippen molar-refractivity contribution < 1.29 is 24.2 Å². The number of fused-ring (bicyclic) bond motifs is 1. The van der Waals surface area contributed by atoms with E-state index in [4.69, 9.17) is 9.47 Å². The Morgan fingerprint density at radius 1 is 1.12 bits per heavy atom. The molecule has 7 heteroatoms. The van der Waals surface area contributed by atoms with Crippen LogP contribution in [0.25, 0.3) is 10.9 Å². The van der Waals surface area contributed by atoms with E-state index < -0.39 is 12.1 Å². The molecule has 2 N–H and O–H groups in total. The Labute approximate surface area is 193 Å². The maximum Gasteiger partial charge on any atom is 0.411 e. The fourth-order valence-corrected chi connectivity index (χ4v) is 4.50. The van der Waals surface area contributed by atoms with Gasteiger partial charge < -0.3 is 19.1 Å². The fraction of sp³-hybridized carbons (Fsp3) is 0.385. The highest BCUT2D eigenvalue weighted by atomic mass is 16.6. The van der Waals surface area contributed by atoms with Gasteiger partial charge in [0.15, 0.2) is 0 Å². The Hall–Kier alpha value is -3.48. The molecule has 1 fully saturated rings. The number of amides is 1. The van der Waals surface area contributed by atoms with Gasteiger partial charge in [-0.2, -0.15) is 0 Å². The number of ether oxygens (including phenoxy) is 2. The second kappa shape index (κ2) is 9.57. The van der Waals surface area contributed by atoms with Crippen LogP contribution in [-0.4, -0.2) is 34.9 Å². The summed E-state index contributed by atoms with van der Waals surface area (Å²) in [5.41, 5.74) is 3.89. The number of carboxylic acid groups (broad SMARTS) is 1. The topological polar surface area (TPSA) is 89.8 Å². The number of hydrogen-bond acceptors (Lipinski definition) is 4. The average molecular weight is 451 g/mol. The molecule has 0 atom stereocenters. The number of benzene rings is 2. The number of hydrogen-bond donors (Lipinski definition) is 2. The van der Waals surface area contributed by atoms with E-state index in [1.807, 2.05) is 18.2 Å². The summed E-state index contributed by atoms with van der Waals surface area (Å²) in [4.78, 5) is 23.7. The smallest absolute Gasteiger partial charge is 0.411 e. The van der Waals surface area contributed by atoms with Gasteiger partial charge >= 0.3 is 12.1 Å². The first-order chi connectivity index (χ1) is 15.9. The molecule has 1 aliphatic carbocycles. The van der Waals surface area contributed by atoms with Gasteiger partial charge in [0.25, 0.3) is 0 Å². The van der Waals surface area contributed by atoms with E-state index in [0.717, 1.165) is 47.7 Å². The lowest BCUT2D eigenvalue weighted by molar-refractivity contribution is 0.0696. The summed E-state index contributed by atoms with van der Waals surface area (Å²) in [5, 5.41) is 13.2. The maximum atomic E-state index is 12.4. The molecule has 7 nitrogen and oxygen atoms in total. The third kappa shape index (κ3) is 4.97. The highest BCUT2D eigenvalue weighted by molar-refractivity contribution is 5.92. The van der Waals surface area contributed by atoms with E-state index >= 15 is 0 Å². The number of rotatable bonds is 7. The number of nitrogens with one attached hydrogen (secondary N) is 1. The lowest BCUT2D eigenvalue weighted by Crippen LogP contribution is -2.20. The lowest BCUT2D eigenvalue weighted by atomic mass is 10.0. The Morgan fingerprint density at radius 2 is 1.88 bits per heavy atom. The normalized spacial score (nSPS) is 14.1. The third-order valence-electron chi connectivity index (χ3n) is 6.21. The van der Waals surface area contributed by atoms with Gasteiger partial charge in [-0.05, 0) is 81.0 Å². The van der Waals surface area contributed by atoms with Gasteiger partial charge in [0, 0.05) is 35.2 Å². The summed E-state index contributed by atoms with van der Waals surface area (Å²) >= 11 is 0. The molecule has 1 aliphatic rings. The van der Waals surface area contributed by atoms with Crippen molar-refractivity contribution in [2.75, 3.05) is 12.4 Å². The number of aromatic nitrogens is 1. The van der Waals surface area contributed by atoms with E-state index in [2.05, 4.69) is 29.9 Å². The first-order valence-corrected chi connectivity index (χ1v) is 11.4. The molecule has 0 radical (unpaired) electrons. The third-order valence-corrected chi connectivity index (χ3v) is 6.21. The van der Waals surface area contributed by atoms with Crippen LogP contribution in [-0.2, 0) is 11.2 Å². The van der Waals surface area contributed by atoms with Crippen molar-refractivity contribution in [1.82, 2.24) is 4.57 Å². The van der Waals surface area contributed by atoms with Crippen LogP contribution in [0, 0.1) is 0 Å². The molecule has 1 amide bonds. The van der Waals surface area contributed by atoms with Crippen LogP contribution in [0.3, 0.4) is 0 Å². The summed E-state index contributed by atoms with van der Waals surface area (Å²) in [6, 6.07) is 11.1. The molecular weight excluding hydrogens is 420 g/mol. The minimum atomic E-state index is -0.989. The van der Waals surface area contributed by atoms with Gasteiger partial charge in [-0.3, -0.25) is 5.32 Å². The molecule has 1 saturated carbocycles. The lowest BCUT2D eigenvalue weighted by Gasteiger charge is -2.13. The van der Waals surface area contributed by atoms with E-state index in [1.165, 1.54) is 0 Å². The van der Waals surface area contributed by atoms with E-state index in [9.17, 15) is 14.7 Å². The summed E-state index contributed by atoms with van der Waals surface area (Å²) in [7, 11) is 1.54. The molecule has 0 aliphatic heterocycles. The molecule has 0 saturated heterocycles. The van der Waals surface area contributed by atoms with Crippen molar-refractivity contribution in [2.45, 2.75) is 58.1 Å². The zero-order valence-corrected chi connectivity index (χ0v) is 19.3. The van der Waals surface area contributed by atoms with Gasteiger partial charge in [0.2, 0.25) is 0 Å². The van der Waals surface area contributed by atoms with Crippen molar-refractivity contribution in [3.05, 3.63) is 59.3 Å². The summed E-state index contributed by atoms with van der Waals surface area (Å²) in [6.07, 6.45) is 6.33. The summed E-state index contributed by atoms with van der Waals surface area (Å²) in [5.74, 6) is -0.453. The first-order valence-electron chi connectivity index (χ1n) is 11.4. The summed E-state index contributed by atoms with van der Waals surface area (Å²) < 4.78 is 13.2. The van der Waals surface area contributed by atoms with Crippen LogP contribution in [0.2, 0.25) is 0 Å². The number of methoxy groups -OCH3 is 1. The van der Waals surface area contributed by atoms with Crippen LogP contribution in [0.4, 0.5) is 10.5 Å². The zero-order chi connectivity index (χ0) is 23.5. The Kier molecular flexibility index (Phi) is 6.58. The van der Waals surface area contributed by atoms with Crippen molar-refractivity contribution in [3.8, 4) is 5.75 Å².